The third kappa shape index (κ3) is 1.63. The zero-order valence-electron chi connectivity index (χ0n) is 6.67. The highest BCUT2D eigenvalue weighted by atomic mass is 32.1. The van der Waals surface area contributed by atoms with Gasteiger partial charge in [0, 0.05) is 17.1 Å². The van der Waals surface area contributed by atoms with Crippen molar-refractivity contribution in [1.29, 1.82) is 0 Å². The Labute approximate surface area is 80.6 Å². The smallest absolute Gasteiger partial charge is 0.285 e. The number of alkyl halides is 3. The third-order valence-electron chi connectivity index (χ3n) is 1.54. The van der Waals surface area contributed by atoms with Crippen molar-refractivity contribution >= 4 is 11.3 Å². The maximum absolute atomic E-state index is 12.2. The van der Waals surface area contributed by atoms with Crippen LogP contribution in [0.5, 0.6) is 0 Å². The van der Waals surface area contributed by atoms with E-state index >= 15 is 0 Å². The lowest BCUT2D eigenvalue weighted by molar-refractivity contribution is -0.140. The molecular weight excluding hydrogens is 215 g/mol. The average Bonchev–Trinajstić information content (AvgIpc) is 2.73. The molecule has 2 aromatic heterocycles. The maximum atomic E-state index is 12.2. The summed E-state index contributed by atoms with van der Waals surface area (Å²) in [6, 6.07) is 0. The van der Waals surface area contributed by atoms with Gasteiger partial charge in [0.2, 0.25) is 0 Å². The van der Waals surface area contributed by atoms with Crippen molar-refractivity contribution in [2.24, 2.45) is 0 Å². The summed E-state index contributed by atoms with van der Waals surface area (Å²) in [6.45, 7) is 0. The molecule has 0 unspecified atom stereocenters. The summed E-state index contributed by atoms with van der Waals surface area (Å²) >= 11 is 0.943. The molecule has 0 aliphatic heterocycles. The molecule has 0 radical (unpaired) electrons. The third-order valence-corrected chi connectivity index (χ3v) is 2.43. The number of H-pyrrole nitrogens is 1. The minimum absolute atomic E-state index is 0.311. The Balaban J connectivity index is 2.36. The van der Waals surface area contributed by atoms with Crippen LogP contribution in [0.1, 0.15) is 5.69 Å². The van der Waals surface area contributed by atoms with Crippen LogP contribution in [-0.4, -0.2) is 15.2 Å². The summed E-state index contributed by atoms with van der Waals surface area (Å²) in [4.78, 5) is 3.46. The van der Waals surface area contributed by atoms with Gasteiger partial charge in [-0.3, -0.25) is 5.10 Å². The number of halogens is 3. The van der Waals surface area contributed by atoms with E-state index in [0.717, 1.165) is 16.7 Å². The SMILES string of the molecule is FC(F)(F)c1csc(-c2cn[nH]c2)n1. The van der Waals surface area contributed by atoms with Crippen LogP contribution in [0.25, 0.3) is 10.6 Å². The quantitative estimate of drug-likeness (QED) is 0.800. The van der Waals surface area contributed by atoms with Crippen molar-refractivity contribution in [2.75, 3.05) is 0 Å². The first-order valence-electron chi connectivity index (χ1n) is 3.59. The molecule has 0 aliphatic rings. The molecule has 0 aromatic carbocycles. The van der Waals surface area contributed by atoms with E-state index < -0.39 is 11.9 Å². The summed E-state index contributed by atoms with van der Waals surface area (Å²) in [5.41, 5.74) is -0.302. The predicted molar refractivity (Wildman–Crippen MR) is 44.7 cm³/mol. The molecule has 0 fully saturated rings. The number of aromatic nitrogens is 3. The lowest BCUT2D eigenvalue weighted by Gasteiger charge is -1.99. The minimum Gasteiger partial charge on any atom is -0.285 e. The highest BCUT2D eigenvalue weighted by Gasteiger charge is 2.33. The predicted octanol–water partition coefficient (Wildman–Crippen LogP) is 2.55. The van der Waals surface area contributed by atoms with Crippen molar-refractivity contribution in [2.45, 2.75) is 6.18 Å². The van der Waals surface area contributed by atoms with Gasteiger partial charge in [0.25, 0.3) is 0 Å². The second-order valence-corrected chi connectivity index (χ2v) is 3.38. The van der Waals surface area contributed by atoms with Crippen molar-refractivity contribution in [1.82, 2.24) is 15.2 Å². The van der Waals surface area contributed by atoms with Crippen LogP contribution in [0.2, 0.25) is 0 Å². The Bertz CT molecular complexity index is 418. The van der Waals surface area contributed by atoms with Gasteiger partial charge in [-0.15, -0.1) is 11.3 Å². The zero-order chi connectivity index (χ0) is 10.2. The molecule has 0 spiro atoms. The largest absolute Gasteiger partial charge is 0.434 e. The van der Waals surface area contributed by atoms with Crippen LogP contribution in [0.4, 0.5) is 13.2 Å². The van der Waals surface area contributed by atoms with E-state index in [4.69, 9.17) is 0 Å². The molecule has 0 bridgehead atoms. The normalized spacial score (nSPS) is 11.9. The standard InChI is InChI=1S/C7H4F3N3S/c8-7(9,10)5-3-14-6(13-5)4-1-11-12-2-4/h1-3H,(H,11,12). The highest BCUT2D eigenvalue weighted by molar-refractivity contribution is 7.13. The fourth-order valence-corrected chi connectivity index (χ4v) is 1.71. The molecule has 74 valence electrons. The van der Waals surface area contributed by atoms with Gasteiger partial charge in [-0.2, -0.15) is 18.3 Å². The lowest BCUT2D eigenvalue weighted by Crippen LogP contribution is -2.04. The average molecular weight is 219 g/mol. The van der Waals surface area contributed by atoms with E-state index in [1.165, 1.54) is 12.4 Å². The first kappa shape index (κ1) is 9.20. The Morgan fingerprint density at radius 2 is 2.14 bits per heavy atom. The molecule has 7 heteroatoms. The molecule has 3 nitrogen and oxygen atoms in total. The van der Waals surface area contributed by atoms with Crippen molar-refractivity contribution in [3.8, 4) is 10.6 Å². The van der Waals surface area contributed by atoms with Crippen LogP contribution in [-0.2, 0) is 6.18 Å². The van der Waals surface area contributed by atoms with Crippen molar-refractivity contribution in [3.63, 3.8) is 0 Å². The van der Waals surface area contributed by atoms with E-state index in [0.29, 0.717) is 10.6 Å². The molecule has 0 saturated heterocycles. The summed E-state index contributed by atoms with van der Waals surface area (Å²) in [5.74, 6) is 0. The van der Waals surface area contributed by atoms with Gasteiger partial charge in [-0.05, 0) is 0 Å². The number of hydrogen-bond acceptors (Lipinski definition) is 3. The fraction of sp³-hybridized carbons (Fsp3) is 0.143. The van der Waals surface area contributed by atoms with Gasteiger partial charge in [-0.1, -0.05) is 0 Å². The zero-order valence-corrected chi connectivity index (χ0v) is 7.49. The van der Waals surface area contributed by atoms with E-state index in [1.54, 1.807) is 0 Å². The Morgan fingerprint density at radius 3 is 2.64 bits per heavy atom. The number of hydrogen-bond donors (Lipinski definition) is 1. The van der Waals surface area contributed by atoms with Gasteiger partial charge in [0.1, 0.15) is 5.01 Å². The van der Waals surface area contributed by atoms with Crippen LogP contribution < -0.4 is 0 Å². The van der Waals surface area contributed by atoms with E-state index in [9.17, 15) is 13.2 Å². The van der Waals surface area contributed by atoms with Crippen molar-refractivity contribution in [3.05, 3.63) is 23.5 Å². The molecule has 0 aliphatic carbocycles. The molecule has 0 amide bonds. The minimum atomic E-state index is -4.38. The van der Waals surface area contributed by atoms with Crippen LogP contribution >= 0.6 is 11.3 Å². The second-order valence-electron chi connectivity index (χ2n) is 2.52. The Morgan fingerprint density at radius 1 is 1.36 bits per heavy atom. The summed E-state index contributed by atoms with van der Waals surface area (Å²) in [7, 11) is 0. The topological polar surface area (TPSA) is 41.6 Å². The number of nitrogens with one attached hydrogen (secondary N) is 1. The van der Waals surface area contributed by atoms with Gasteiger partial charge in [-0.25, -0.2) is 4.98 Å². The Hall–Kier alpha value is -1.37. The van der Waals surface area contributed by atoms with Crippen molar-refractivity contribution < 1.29 is 13.2 Å². The molecule has 2 aromatic rings. The molecule has 0 saturated carbocycles. The molecule has 2 rings (SSSR count). The van der Waals surface area contributed by atoms with Crippen LogP contribution in [0.15, 0.2) is 17.8 Å². The first-order chi connectivity index (χ1) is 6.57. The van der Waals surface area contributed by atoms with Gasteiger partial charge < -0.3 is 0 Å². The van der Waals surface area contributed by atoms with E-state index in [1.807, 2.05) is 0 Å². The number of nitrogens with zero attached hydrogens (tertiary/aromatic N) is 2. The monoisotopic (exact) mass is 219 g/mol. The summed E-state index contributed by atoms with van der Waals surface area (Å²) in [6.07, 6.45) is -1.45. The van der Waals surface area contributed by atoms with E-state index in [2.05, 4.69) is 15.2 Å². The molecular formula is C7H4F3N3S. The van der Waals surface area contributed by atoms with Gasteiger partial charge in [0.15, 0.2) is 5.69 Å². The van der Waals surface area contributed by atoms with Crippen LogP contribution in [0, 0.1) is 0 Å². The Kier molecular flexibility index (Phi) is 2.03. The number of thiazole rings is 1. The first-order valence-corrected chi connectivity index (χ1v) is 4.47. The summed E-state index contributed by atoms with van der Waals surface area (Å²) < 4.78 is 36.5. The van der Waals surface area contributed by atoms with E-state index in [-0.39, 0.29) is 0 Å². The second kappa shape index (κ2) is 3.09. The molecule has 1 N–H and O–H groups in total. The van der Waals surface area contributed by atoms with Gasteiger partial charge >= 0.3 is 6.18 Å². The van der Waals surface area contributed by atoms with Gasteiger partial charge in [0.05, 0.1) is 6.20 Å². The summed E-state index contributed by atoms with van der Waals surface area (Å²) in [5, 5.41) is 7.44. The fourth-order valence-electron chi connectivity index (χ4n) is 0.904. The number of rotatable bonds is 1. The highest BCUT2D eigenvalue weighted by Crippen LogP contribution is 2.32. The maximum Gasteiger partial charge on any atom is 0.434 e. The molecule has 14 heavy (non-hydrogen) atoms. The number of aromatic amines is 1. The molecule has 2 heterocycles. The lowest BCUT2D eigenvalue weighted by atomic mass is 10.4. The molecule has 0 atom stereocenters. The van der Waals surface area contributed by atoms with Crippen LogP contribution in [0.3, 0.4) is 0 Å².